The Hall–Kier alpha value is -1.30. The number of nitrogens with one attached hydrogen (secondary N) is 1. The van der Waals surface area contributed by atoms with E-state index in [4.69, 9.17) is 27.9 Å². The van der Waals surface area contributed by atoms with Crippen molar-refractivity contribution in [3.8, 4) is 0 Å². The molecule has 2 aromatic rings. The third-order valence-electron chi connectivity index (χ3n) is 4.58. The molecule has 0 atom stereocenters. The van der Waals surface area contributed by atoms with Crippen LogP contribution in [-0.4, -0.2) is 24.5 Å². The summed E-state index contributed by atoms with van der Waals surface area (Å²) in [6.45, 7) is -0.291. The summed E-state index contributed by atoms with van der Waals surface area (Å²) in [5, 5.41) is 4.65. The van der Waals surface area contributed by atoms with Gasteiger partial charge < -0.3 is 10.1 Å². The van der Waals surface area contributed by atoms with Gasteiger partial charge in [0, 0.05) is 21.2 Å². The Labute approximate surface area is 166 Å². The van der Waals surface area contributed by atoms with Crippen molar-refractivity contribution in [2.45, 2.75) is 51.0 Å². The SMILES string of the molecule is O=C(COC(=O)c1sc2cc(Cl)ccc2c1Cl)NC1CCCCCCC1. The van der Waals surface area contributed by atoms with Gasteiger partial charge in [-0.05, 0) is 25.0 Å². The van der Waals surface area contributed by atoms with E-state index in [1.807, 2.05) is 0 Å². The molecule has 1 aliphatic rings. The molecule has 1 N–H and O–H groups in total. The summed E-state index contributed by atoms with van der Waals surface area (Å²) in [5.41, 5.74) is 0. The highest BCUT2D eigenvalue weighted by molar-refractivity contribution is 7.21. The fraction of sp³-hybridized carbons (Fsp3) is 0.474. The molecule has 1 heterocycles. The standard InChI is InChI=1S/C19H21Cl2NO3S/c20-12-8-9-14-15(10-12)26-18(17(14)21)19(24)25-11-16(23)22-13-6-4-2-1-3-5-7-13/h8-10,13H,1-7,11H2,(H,22,23). The van der Waals surface area contributed by atoms with Gasteiger partial charge in [-0.1, -0.05) is 61.4 Å². The van der Waals surface area contributed by atoms with E-state index in [9.17, 15) is 9.59 Å². The third kappa shape index (κ3) is 4.90. The molecular formula is C19H21Cl2NO3S. The normalized spacial score (nSPS) is 16.1. The zero-order valence-corrected chi connectivity index (χ0v) is 16.7. The van der Waals surface area contributed by atoms with Crippen molar-refractivity contribution >= 4 is 56.5 Å². The lowest BCUT2D eigenvalue weighted by Gasteiger charge is -2.20. The molecule has 26 heavy (non-hydrogen) atoms. The number of hydrogen-bond acceptors (Lipinski definition) is 4. The molecule has 0 spiro atoms. The topological polar surface area (TPSA) is 55.4 Å². The molecule has 1 fully saturated rings. The zero-order valence-electron chi connectivity index (χ0n) is 14.4. The largest absolute Gasteiger partial charge is 0.451 e. The van der Waals surface area contributed by atoms with Gasteiger partial charge in [0.2, 0.25) is 0 Å². The highest BCUT2D eigenvalue weighted by Gasteiger charge is 2.20. The summed E-state index contributed by atoms with van der Waals surface area (Å²) >= 11 is 13.5. The van der Waals surface area contributed by atoms with Crippen molar-refractivity contribution in [3.05, 3.63) is 33.1 Å². The van der Waals surface area contributed by atoms with Crippen LogP contribution < -0.4 is 5.32 Å². The highest BCUT2D eigenvalue weighted by atomic mass is 35.5. The van der Waals surface area contributed by atoms with E-state index in [-0.39, 0.29) is 18.6 Å². The average molecular weight is 414 g/mol. The van der Waals surface area contributed by atoms with Crippen LogP contribution in [0, 0.1) is 0 Å². The Morgan fingerprint density at radius 2 is 1.81 bits per heavy atom. The van der Waals surface area contributed by atoms with E-state index < -0.39 is 5.97 Å². The number of esters is 1. The van der Waals surface area contributed by atoms with E-state index in [0.29, 0.717) is 14.9 Å². The average Bonchev–Trinajstić information content (AvgIpc) is 2.91. The Morgan fingerprint density at radius 1 is 1.12 bits per heavy atom. The number of fused-ring (bicyclic) bond motifs is 1. The lowest BCUT2D eigenvalue weighted by atomic mass is 9.97. The molecule has 1 amide bonds. The van der Waals surface area contributed by atoms with Gasteiger partial charge in [0.15, 0.2) is 6.61 Å². The summed E-state index contributed by atoms with van der Waals surface area (Å²) < 4.78 is 5.98. The van der Waals surface area contributed by atoms with Crippen LogP contribution in [0.1, 0.15) is 54.6 Å². The number of thiophene rings is 1. The van der Waals surface area contributed by atoms with Gasteiger partial charge in [-0.25, -0.2) is 4.79 Å². The van der Waals surface area contributed by atoms with Gasteiger partial charge in [-0.15, -0.1) is 11.3 Å². The van der Waals surface area contributed by atoms with Gasteiger partial charge in [0.05, 0.1) is 5.02 Å². The van der Waals surface area contributed by atoms with Crippen molar-refractivity contribution in [1.82, 2.24) is 5.32 Å². The fourth-order valence-corrected chi connectivity index (χ4v) is 4.91. The number of carbonyl (C=O) groups is 2. The smallest absolute Gasteiger partial charge is 0.350 e. The molecule has 0 radical (unpaired) electrons. The van der Waals surface area contributed by atoms with Crippen molar-refractivity contribution < 1.29 is 14.3 Å². The number of carbonyl (C=O) groups excluding carboxylic acids is 2. The maximum atomic E-state index is 12.3. The Morgan fingerprint density at radius 3 is 2.54 bits per heavy atom. The van der Waals surface area contributed by atoms with Crippen LogP contribution in [0.2, 0.25) is 10.0 Å². The zero-order chi connectivity index (χ0) is 18.5. The fourth-order valence-electron chi connectivity index (χ4n) is 3.24. The molecule has 1 aliphatic carbocycles. The quantitative estimate of drug-likeness (QED) is 0.664. The predicted molar refractivity (Wildman–Crippen MR) is 106 cm³/mol. The van der Waals surface area contributed by atoms with Crippen LogP contribution in [0.4, 0.5) is 0 Å². The van der Waals surface area contributed by atoms with E-state index in [0.717, 1.165) is 35.8 Å². The molecule has 1 aromatic carbocycles. The Kier molecular flexibility index (Phi) is 6.79. The Bertz CT molecular complexity index is 797. The predicted octanol–water partition coefficient (Wildman–Crippen LogP) is 5.59. The molecule has 140 valence electrons. The number of ether oxygens (including phenoxy) is 1. The minimum Gasteiger partial charge on any atom is -0.451 e. The lowest BCUT2D eigenvalue weighted by molar-refractivity contribution is -0.125. The minimum atomic E-state index is -0.583. The van der Waals surface area contributed by atoms with Gasteiger partial charge >= 0.3 is 5.97 Å². The van der Waals surface area contributed by atoms with Gasteiger partial charge in [-0.3, -0.25) is 4.79 Å². The van der Waals surface area contributed by atoms with Crippen LogP contribution in [-0.2, 0) is 9.53 Å². The summed E-state index contributed by atoms with van der Waals surface area (Å²) in [4.78, 5) is 24.7. The molecule has 1 aromatic heterocycles. The van der Waals surface area contributed by atoms with Crippen LogP contribution in [0.5, 0.6) is 0 Å². The summed E-state index contributed by atoms with van der Waals surface area (Å²) in [6, 6.07) is 5.43. The molecule has 0 aliphatic heterocycles. The summed E-state index contributed by atoms with van der Waals surface area (Å²) in [6.07, 6.45) is 7.95. The molecule has 7 heteroatoms. The van der Waals surface area contributed by atoms with E-state index in [1.54, 1.807) is 18.2 Å². The second kappa shape index (κ2) is 9.07. The third-order valence-corrected chi connectivity index (χ3v) is 6.45. The van der Waals surface area contributed by atoms with Crippen LogP contribution in [0.15, 0.2) is 18.2 Å². The molecule has 0 saturated heterocycles. The van der Waals surface area contributed by atoms with Crippen LogP contribution in [0.3, 0.4) is 0 Å². The van der Waals surface area contributed by atoms with Crippen molar-refractivity contribution in [2.75, 3.05) is 6.61 Å². The van der Waals surface area contributed by atoms with Gasteiger partial charge in [0.25, 0.3) is 5.91 Å². The van der Waals surface area contributed by atoms with Gasteiger partial charge in [-0.2, -0.15) is 0 Å². The number of halogens is 2. The molecule has 4 nitrogen and oxygen atoms in total. The van der Waals surface area contributed by atoms with E-state index in [2.05, 4.69) is 5.32 Å². The maximum Gasteiger partial charge on any atom is 0.350 e. The van der Waals surface area contributed by atoms with Crippen molar-refractivity contribution in [1.29, 1.82) is 0 Å². The molecule has 1 saturated carbocycles. The lowest BCUT2D eigenvalue weighted by Crippen LogP contribution is -2.38. The monoisotopic (exact) mass is 413 g/mol. The van der Waals surface area contributed by atoms with Crippen LogP contribution in [0.25, 0.3) is 10.1 Å². The molecule has 3 rings (SSSR count). The minimum absolute atomic E-state index is 0.177. The maximum absolute atomic E-state index is 12.3. The summed E-state index contributed by atoms with van der Waals surface area (Å²) in [7, 11) is 0. The van der Waals surface area contributed by atoms with Crippen LogP contribution >= 0.6 is 34.5 Å². The molecule has 0 bridgehead atoms. The highest BCUT2D eigenvalue weighted by Crippen LogP contribution is 2.37. The number of amides is 1. The van der Waals surface area contributed by atoms with Crippen molar-refractivity contribution in [3.63, 3.8) is 0 Å². The van der Waals surface area contributed by atoms with Gasteiger partial charge in [0.1, 0.15) is 4.88 Å². The number of rotatable bonds is 4. The Balaban J connectivity index is 1.56. The first-order valence-electron chi connectivity index (χ1n) is 8.88. The first-order valence-corrected chi connectivity index (χ1v) is 10.5. The second-order valence-electron chi connectivity index (χ2n) is 6.57. The first kappa shape index (κ1) is 19.5. The first-order chi connectivity index (χ1) is 12.5. The second-order valence-corrected chi connectivity index (χ2v) is 8.44. The number of benzene rings is 1. The molecule has 0 unspecified atom stereocenters. The number of hydrogen-bond donors (Lipinski definition) is 1. The summed E-state index contributed by atoms with van der Waals surface area (Å²) in [5.74, 6) is -0.843. The van der Waals surface area contributed by atoms with E-state index >= 15 is 0 Å². The van der Waals surface area contributed by atoms with E-state index in [1.165, 1.54) is 30.6 Å². The van der Waals surface area contributed by atoms with Crippen molar-refractivity contribution in [2.24, 2.45) is 0 Å². The molecular weight excluding hydrogens is 393 g/mol.